The number of nitrogens with one attached hydrogen (secondary N) is 2. The van der Waals surface area contributed by atoms with Crippen molar-refractivity contribution in [3.05, 3.63) is 60.2 Å². The Bertz CT molecular complexity index is 909. The van der Waals surface area contributed by atoms with Crippen molar-refractivity contribution >= 4 is 23.2 Å². The molecule has 126 valence electrons. The fourth-order valence-electron chi connectivity index (χ4n) is 2.20. The quantitative estimate of drug-likeness (QED) is 0.756. The standard InChI is InChI=1S/C16H13FN6O2/c1-10(24)19-12-3-5-13(6-4-12)20-16(25)14-8-11(17)2-7-15(14)23-9-18-21-22-23/h2-9H,1H3,(H,19,24)(H,20,25). The molecule has 8 nitrogen and oxygen atoms in total. The minimum atomic E-state index is -0.553. The number of benzene rings is 2. The van der Waals surface area contributed by atoms with Crippen LogP contribution in [0, 0.1) is 5.82 Å². The molecule has 3 aromatic rings. The molecule has 0 aliphatic carbocycles. The Hall–Kier alpha value is -3.62. The van der Waals surface area contributed by atoms with Crippen LogP contribution in [-0.4, -0.2) is 32.0 Å². The summed E-state index contributed by atoms with van der Waals surface area (Å²) in [7, 11) is 0. The van der Waals surface area contributed by atoms with Gasteiger partial charge in [-0.3, -0.25) is 9.59 Å². The van der Waals surface area contributed by atoms with E-state index in [1.165, 1.54) is 30.1 Å². The Balaban J connectivity index is 1.84. The zero-order valence-corrected chi connectivity index (χ0v) is 13.1. The van der Waals surface area contributed by atoms with Crippen LogP contribution in [0.1, 0.15) is 17.3 Å². The topological polar surface area (TPSA) is 102 Å². The highest BCUT2D eigenvalue weighted by Gasteiger charge is 2.15. The predicted octanol–water partition coefficient (Wildman–Crippen LogP) is 2.01. The van der Waals surface area contributed by atoms with Gasteiger partial charge in [-0.15, -0.1) is 5.10 Å². The third-order valence-corrected chi connectivity index (χ3v) is 3.26. The van der Waals surface area contributed by atoms with E-state index < -0.39 is 11.7 Å². The van der Waals surface area contributed by atoms with Crippen molar-refractivity contribution in [2.75, 3.05) is 10.6 Å². The molecule has 2 aromatic carbocycles. The Kier molecular flexibility index (Phi) is 4.46. The summed E-state index contributed by atoms with van der Waals surface area (Å²) in [6, 6.07) is 10.3. The van der Waals surface area contributed by atoms with Crippen molar-refractivity contribution in [1.82, 2.24) is 20.2 Å². The van der Waals surface area contributed by atoms with E-state index in [4.69, 9.17) is 0 Å². The molecule has 0 spiro atoms. The van der Waals surface area contributed by atoms with Crippen LogP contribution >= 0.6 is 0 Å². The molecule has 1 heterocycles. The number of hydrogen-bond donors (Lipinski definition) is 2. The number of hydrogen-bond acceptors (Lipinski definition) is 5. The molecule has 0 atom stereocenters. The van der Waals surface area contributed by atoms with Crippen LogP contribution in [0.4, 0.5) is 15.8 Å². The number of carbonyl (C=O) groups is 2. The number of tetrazole rings is 1. The molecular weight excluding hydrogens is 327 g/mol. The molecule has 9 heteroatoms. The van der Waals surface area contributed by atoms with Crippen LogP contribution in [0.15, 0.2) is 48.8 Å². The molecule has 0 aliphatic heterocycles. The first-order valence-corrected chi connectivity index (χ1v) is 7.25. The zero-order chi connectivity index (χ0) is 17.8. The lowest BCUT2D eigenvalue weighted by atomic mass is 10.1. The summed E-state index contributed by atoms with van der Waals surface area (Å²) in [5.74, 6) is -1.26. The summed E-state index contributed by atoms with van der Waals surface area (Å²) >= 11 is 0. The molecule has 0 fully saturated rings. The maximum Gasteiger partial charge on any atom is 0.257 e. The lowest BCUT2D eigenvalue weighted by Crippen LogP contribution is -2.16. The molecule has 0 unspecified atom stereocenters. The van der Waals surface area contributed by atoms with Gasteiger partial charge in [-0.05, 0) is 52.9 Å². The third-order valence-electron chi connectivity index (χ3n) is 3.26. The lowest BCUT2D eigenvalue weighted by Gasteiger charge is -2.10. The van der Waals surface area contributed by atoms with E-state index in [-0.39, 0.29) is 11.5 Å². The van der Waals surface area contributed by atoms with Crippen LogP contribution in [0.25, 0.3) is 5.69 Å². The Morgan fingerprint density at radius 1 is 1.04 bits per heavy atom. The summed E-state index contributed by atoms with van der Waals surface area (Å²) in [6.07, 6.45) is 1.31. The molecule has 0 bridgehead atoms. The first-order valence-electron chi connectivity index (χ1n) is 7.25. The molecule has 0 radical (unpaired) electrons. The number of halogens is 1. The highest BCUT2D eigenvalue weighted by Crippen LogP contribution is 2.19. The van der Waals surface area contributed by atoms with E-state index in [1.54, 1.807) is 24.3 Å². The number of aromatic nitrogens is 4. The van der Waals surface area contributed by atoms with Gasteiger partial charge in [-0.1, -0.05) is 0 Å². The fraction of sp³-hybridized carbons (Fsp3) is 0.0625. The van der Waals surface area contributed by atoms with Crippen molar-refractivity contribution < 1.29 is 14.0 Å². The molecule has 0 saturated carbocycles. The smallest absolute Gasteiger partial charge is 0.257 e. The van der Waals surface area contributed by atoms with Gasteiger partial charge in [0.25, 0.3) is 5.91 Å². The van der Waals surface area contributed by atoms with Crippen molar-refractivity contribution in [3.8, 4) is 5.69 Å². The predicted molar refractivity (Wildman–Crippen MR) is 87.8 cm³/mol. The van der Waals surface area contributed by atoms with Gasteiger partial charge in [0, 0.05) is 18.3 Å². The highest BCUT2D eigenvalue weighted by molar-refractivity contribution is 6.06. The normalized spacial score (nSPS) is 10.3. The van der Waals surface area contributed by atoms with Gasteiger partial charge in [0.15, 0.2) is 0 Å². The van der Waals surface area contributed by atoms with Gasteiger partial charge in [0.2, 0.25) is 5.91 Å². The van der Waals surface area contributed by atoms with Crippen LogP contribution < -0.4 is 10.6 Å². The highest BCUT2D eigenvalue weighted by atomic mass is 19.1. The first kappa shape index (κ1) is 16.2. The zero-order valence-electron chi connectivity index (χ0n) is 13.1. The minimum Gasteiger partial charge on any atom is -0.326 e. The summed E-state index contributed by atoms with van der Waals surface area (Å²) < 4.78 is 14.9. The monoisotopic (exact) mass is 340 g/mol. The Morgan fingerprint density at radius 2 is 1.72 bits per heavy atom. The third kappa shape index (κ3) is 3.83. The molecule has 2 N–H and O–H groups in total. The van der Waals surface area contributed by atoms with Gasteiger partial charge >= 0.3 is 0 Å². The lowest BCUT2D eigenvalue weighted by molar-refractivity contribution is -0.114. The Morgan fingerprint density at radius 3 is 2.32 bits per heavy atom. The van der Waals surface area contributed by atoms with Crippen molar-refractivity contribution in [2.24, 2.45) is 0 Å². The van der Waals surface area contributed by atoms with Crippen LogP contribution in [0.2, 0.25) is 0 Å². The average molecular weight is 340 g/mol. The number of anilines is 2. The van der Waals surface area contributed by atoms with Crippen LogP contribution in [0.5, 0.6) is 0 Å². The number of rotatable bonds is 4. The van der Waals surface area contributed by atoms with E-state index in [9.17, 15) is 14.0 Å². The van der Waals surface area contributed by atoms with Crippen LogP contribution in [-0.2, 0) is 4.79 Å². The fourth-order valence-corrected chi connectivity index (χ4v) is 2.20. The summed E-state index contributed by atoms with van der Waals surface area (Å²) in [4.78, 5) is 23.5. The SMILES string of the molecule is CC(=O)Nc1ccc(NC(=O)c2cc(F)ccc2-n2cnnn2)cc1. The van der Waals surface area contributed by atoms with Crippen molar-refractivity contribution in [2.45, 2.75) is 6.92 Å². The number of nitrogens with zero attached hydrogens (tertiary/aromatic N) is 4. The second-order valence-corrected chi connectivity index (χ2v) is 5.13. The molecular formula is C16H13FN6O2. The van der Waals surface area contributed by atoms with E-state index >= 15 is 0 Å². The van der Waals surface area contributed by atoms with E-state index in [0.717, 1.165) is 6.07 Å². The number of amides is 2. The first-order chi connectivity index (χ1) is 12.0. The van der Waals surface area contributed by atoms with Gasteiger partial charge in [0.1, 0.15) is 12.1 Å². The minimum absolute atomic E-state index is 0.0817. The van der Waals surface area contributed by atoms with E-state index in [0.29, 0.717) is 17.1 Å². The van der Waals surface area contributed by atoms with Gasteiger partial charge in [-0.25, -0.2) is 4.39 Å². The van der Waals surface area contributed by atoms with Gasteiger partial charge in [-0.2, -0.15) is 4.68 Å². The molecule has 2 amide bonds. The Labute approximate surface area is 141 Å². The summed E-state index contributed by atoms with van der Waals surface area (Å²) in [6.45, 7) is 1.40. The van der Waals surface area contributed by atoms with Crippen molar-refractivity contribution in [3.63, 3.8) is 0 Å². The largest absolute Gasteiger partial charge is 0.326 e. The van der Waals surface area contributed by atoms with E-state index in [2.05, 4.69) is 26.2 Å². The maximum absolute atomic E-state index is 13.6. The number of carbonyl (C=O) groups excluding carboxylic acids is 2. The van der Waals surface area contributed by atoms with Crippen LogP contribution in [0.3, 0.4) is 0 Å². The molecule has 0 aliphatic rings. The van der Waals surface area contributed by atoms with Crippen molar-refractivity contribution in [1.29, 1.82) is 0 Å². The van der Waals surface area contributed by atoms with Gasteiger partial charge < -0.3 is 10.6 Å². The molecule has 25 heavy (non-hydrogen) atoms. The summed E-state index contributed by atoms with van der Waals surface area (Å²) in [5, 5.41) is 16.0. The molecule has 3 rings (SSSR count). The van der Waals surface area contributed by atoms with E-state index in [1.807, 2.05) is 0 Å². The average Bonchev–Trinajstić information content (AvgIpc) is 3.10. The van der Waals surface area contributed by atoms with Gasteiger partial charge in [0.05, 0.1) is 11.3 Å². The molecule has 0 saturated heterocycles. The second kappa shape index (κ2) is 6.87. The summed E-state index contributed by atoms with van der Waals surface area (Å²) in [5.41, 5.74) is 1.52. The second-order valence-electron chi connectivity index (χ2n) is 5.13. The molecule has 1 aromatic heterocycles. The maximum atomic E-state index is 13.6.